The molecule has 1 N–H and O–H groups in total. The molecule has 0 aliphatic carbocycles. The molecule has 3 nitrogen and oxygen atoms in total. The predicted molar refractivity (Wildman–Crippen MR) is 130 cm³/mol. The summed E-state index contributed by atoms with van der Waals surface area (Å²) in [6, 6.07) is 12.4. The minimum atomic E-state index is -1.80. The van der Waals surface area contributed by atoms with Crippen molar-refractivity contribution in [3.63, 3.8) is 0 Å². The van der Waals surface area contributed by atoms with Crippen LogP contribution < -0.4 is 0 Å². The fourth-order valence-electron chi connectivity index (χ4n) is 3.25. The lowest BCUT2D eigenvalue weighted by atomic mass is 9.85. The molecule has 0 saturated heterocycles. The molecule has 3 aromatic rings. The summed E-state index contributed by atoms with van der Waals surface area (Å²) in [6.45, 7) is 16.5. The van der Waals surface area contributed by atoms with Gasteiger partial charge in [0.25, 0.3) is 0 Å². The molecule has 3 rings (SSSR count). The fraction of sp³-hybridized carbons (Fsp3) is 0.400. The number of carbonyl (C=O) groups excluding carboxylic acids is 1. The zero-order chi connectivity index (χ0) is 22.3. The van der Waals surface area contributed by atoms with E-state index in [1.54, 1.807) is 6.20 Å². The van der Waals surface area contributed by atoms with Crippen LogP contribution in [0.5, 0.6) is 0 Å². The van der Waals surface area contributed by atoms with Gasteiger partial charge in [-0.15, -0.1) is 0 Å². The maximum absolute atomic E-state index is 11.3. The van der Waals surface area contributed by atoms with Gasteiger partial charge in [0.15, 0.2) is 14.6 Å². The third-order valence-electron chi connectivity index (χ3n) is 6.51. The fourth-order valence-corrected chi connectivity index (χ4v) is 4.67. The van der Waals surface area contributed by atoms with E-state index in [0.717, 1.165) is 28.3 Å². The zero-order valence-electron chi connectivity index (χ0n) is 19.0. The van der Waals surface area contributed by atoms with E-state index in [0.29, 0.717) is 17.2 Å². The van der Waals surface area contributed by atoms with E-state index in [4.69, 9.17) is 16.0 Å². The summed E-state index contributed by atoms with van der Waals surface area (Å²) < 4.78 is 6.49. The first kappa shape index (κ1) is 22.8. The first-order valence-electron chi connectivity index (χ1n) is 10.4. The van der Waals surface area contributed by atoms with E-state index in [1.807, 2.05) is 12.1 Å². The van der Waals surface area contributed by atoms with Crippen LogP contribution in [0.25, 0.3) is 22.0 Å². The van der Waals surface area contributed by atoms with E-state index < -0.39 is 8.32 Å². The van der Waals surface area contributed by atoms with Gasteiger partial charge < -0.3 is 9.41 Å². The molecular formula is C25H32ClNO2Si. The van der Waals surface area contributed by atoms with Gasteiger partial charge in [-0.3, -0.25) is 4.79 Å². The third-order valence-corrected chi connectivity index (χ3v) is 11.3. The maximum atomic E-state index is 11.3. The molecule has 1 aromatic heterocycles. The molecular weight excluding hydrogens is 410 g/mol. The highest BCUT2D eigenvalue weighted by molar-refractivity contribution is 6.74. The molecule has 0 radical (unpaired) electrons. The summed E-state index contributed by atoms with van der Waals surface area (Å²) in [6.07, 6.45) is 2.58. The second-order valence-electron chi connectivity index (χ2n) is 10.2. The molecule has 1 heterocycles. The van der Waals surface area contributed by atoms with E-state index in [9.17, 15) is 4.79 Å². The Morgan fingerprint density at radius 2 is 1.70 bits per heavy atom. The van der Waals surface area contributed by atoms with Crippen LogP contribution in [-0.4, -0.2) is 26.2 Å². The van der Waals surface area contributed by atoms with Gasteiger partial charge in [-0.2, -0.15) is 0 Å². The molecule has 5 heteroatoms. The number of benzene rings is 2. The van der Waals surface area contributed by atoms with E-state index >= 15 is 0 Å². The van der Waals surface area contributed by atoms with E-state index in [2.05, 4.69) is 77.0 Å². The number of H-pyrrole nitrogens is 1. The monoisotopic (exact) mass is 441 g/mol. The number of carbonyl (C=O) groups is 1. The van der Waals surface area contributed by atoms with Gasteiger partial charge in [0, 0.05) is 40.2 Å². The average molecular weight is 442 g/mol. The van der Waals surface area contributed by atoms with Gasteiger partial charge in [0.05, 0.1) is 5.02 Å². The number of halogens is 1. The molecule has 0 amide bonds. The first-order valence-corrected chi connectivity index (χ1v) is 13.6. The van der Waals surface area contributed by atoms with Gasteiger partial charge in [0.2, 0.25) is 0 Å². The van der Waals surface area contributed by atoms with Crippen molar-refractivity contribution >= 4 is 37.1 Å². The zero-order valence-corrected chi connectivity index (χ0v) is 20.8. The number of aldehydes is 1. The Morgan fingerprint density at radius 1 is 1.07 bits per heavy atom. The molecule has 160 valence electrons. The van der Waals surface area contributed by atoms with Crippen LogP contribution >= 0.6 is 11.6 Å². The normalized spacial score (nSPS) is 13.1. The Bertz CT molecular complexity index is 1060. The van der Waals surface area contributed by atoms with Crippen molar-refractivity contribution in [2.45, 2.75) is 58.2 Å². The second kappa shape index (κ2) is 7.99. The Labute approximate surface area is 185 Å². The Morgan fingerprint density at radius 3 is 2.27 bits per heavy atom. The summed E-state index contributed by atoms with van der Waals surface area (Å²) in [7, 11) is -1.80. The van der Waals surface area contributed by atoms with Crippen molar-refractivity contribution in [1.82, 2.24) is 4.98 Å². The molecule has 0 fully saturated rings. The van der Waals surface area contributed by atoms with Crippen molar-refractivity contribution < 1.29 is 9.22 Å². The molecule has 2 aromatic carbocycles. The standard InChI is InChI=1S/C25H32ClNO2Si/c1-24(2,3)30(6,7)29-16-25(4,5)19-10-8-17(9-11-19)20-12-21-18(15-28)14-27-23(21)13-22(20)26/h8-15,27H,16H2,1-7H3. The van der Waals surface area contributed by atoms with Crippen LogP contribution in [0.3, 0.4) is 0 Å². The van der Waals surface area contributed by atoms with Gasteiger partial charge in [-0.1, -0.05) is 70.5 Å². The van der Waals surface area contributed by atoms with E-state index in [1.165, 1.54) is 5.56 Å². The van der Waals surface area contributed by atoms with Crippen LogP contribution in [0.1, 0.15) is 50.5 Å². The van der Waals surface area contributed by atoms with Crippen molar-refractivity contribution in [1.29, 1.82) is 0 Å². The summed E-state index contributed by atoms with van der Waals surface area (Å²) >= 11 is 6.54. The summed E-state index contributed by atoms with van der Waals surface area (Å²) in [4.78, 5) is 14.4. The van der Waals surface area contributed by atoms with Crippen LogP contribution in [-0.2, 0) is 9.84 Å². The van der Waals surface area contributed by atoms with Gasteiger partial charge in [-0.25, -0.2) is 0 Å². The Hall–Kier alpha value is -1.88. The lowest BCUT2D eigenvalue weighted by Crippen LogP contribution is -2.43. The summed E-state index contributed by atoms with van der Waals surface area (Å²) in [5, 5.41) is 1.74. The minimum absolute atomic E-state index is 0.0902. The molecule has 0 saturated carbocycles. The number of aromatic amines is 1. The van der Waals surface area contributed by atoms with Gasteiger partial charge in [0.1, 0.15) is 0 Å². The summed E-state index contributed by atoms with van der Waals surface area (Å²) in [5.41, 5.74) is 4.61. The van der Waals surface area contributed by atoms with Crippen LogP contribution in [0.15, 0.2) is 42.6 Å². The highest BCUT2D eigenvalue weighted by Crippen LogP contribution is 2.39. The number of nitrogens with one attached hydrogen (secondary N) is 1. The SMILES string of the molecule is CC(C)(CO[Si](C)(C)C(C)(C)C)c1ccc(-c2cc3c(C=O)c[nH]c3cc2Cl)cc1. The second-order valence-corrected chi connectivity index (χ2v) is 15.5. The number of aromatic nitrogens is 1. The average Bonchev–Trinajstić information content (AvgIpc) is 3.07. The lowest BCUT2D eigenvalue weighted by Gasteiger charge is -2.39. The molecule has 0 unspecified atom stereocenters. The molecule has 30 heavy (non-hydrogen) atoms. The quantitative estimate of drug-likeness (QED) is 0.316. The topological polar surface area (TPSA) is 42.1 Å². The van der Waals surface area contributed by atoms with Crippen molar-refractivity contribution in [3.8, 4) is 11.1 Å². The van der Waals surface area contributed by atoms with Crippen molar-refractivity contribution in [2.75, 3.05) is 6.61 Å². The number of hydrogen-bond acceptors (Lipinski definition) is 2. The maximum Gasteiger partial charge on any atom is 0.192 e. The Balaban J connectivity index is 1.86. The molecule has 0 spiro atoms. The third kappa shape index (κ3) is 4.41. The molecule has 0 bridgehead atoms. The number of rotatable bonds is 6. The highest BCUT2D eigenvalue weighted by atomic mass is 35.5. The van der Waals surface area contributed by atoms with Crippen LogP contribution in [0.4, 0.5) is 0 Å². The smallest absolute Gasteiger partial charge is 0.192 e. The summed E-state index contributed by atoms with van der Waals surface area (Å²) in [5.74, 6) is 0. The Kier molecular flexibility index (Phi) is 6.07. The van der Waals surface area contributed by atoms with E-state index in [-0.39, 0.29) is 10.5 Å². The highest BCUT2D eigenvalue weighted by Gasteiger charge is 2.38. The lowest BCUT2D eigenvalue weighted by molar-refractivity contribution is 0.112. The largest absolute Gasteiger partial charge is 0.416 e. The predicted octanol–water partition coefficient (Wildman–Crippen LogP) is 7.60. The molecule has 0 aliphatic rings. The van der Waals surface area contributed by atoms with Gasteiger partial charge >= 0.3 is 0 Å². The van der Waals surface area contributed by atoms with Crippen molar-refractivity contribution in [2.24, 2.45) is 0 Å². The van der Waals surface area contributed by atoms with Crippen LogP contribution in [0, 0.1) is 0 Å². The number of fused-ring (bicyclic) bond motifs is 1. The van der Waals surface area contributed by atoms with Crippen LogP contribution in [0.2, 0.25) is 23.2 Å². The minimum Gasteiger partial charge on any atom is -0.416 e. The first-order chi connectivity index (χ1) is 13.9. The number of hydrogen-bond donors (Lipinski definition) is 1. The van der Waals surface area contributed by atoms with Gasteiger partial charge in [-0.05, 0) is 41.4 Å². The molecule has 0 aliphatic heterocycles. The van der Waals surface area contributed by atoms with Crippen molar-refractivity contribution in [3.05, 3.63) is 58.7 Å². The molecule has 0 atom stereocenters.